The summed E-state index contributed by atoms with van der Waals surface area (Å²) in [6.07, 6.45) is 5.30. The molecule has 3 rings (SSSR count). The molecule has 2 nitrogen and oxygen atoms in total. The lowest BCUT2D eigenvalue weighted by atomic mass is 9.97. The van der Waals surface area contributed by atoms with Crippen molar-refractivity contribution in [3.8, 4) is 0 Å². The number of hydrogen-bond donors (Lipinski definition) is 1. The first-order chi connectivity index (χ1) is 8.72. The third-order valence-electron chi connectivity index (χ3n) is 4.38. The number of nitrogens with one attached hydrogen (secondary N) is 1. The number of piperidine rings is 1. The van der Waals surface area contributed by atoms with Gasteiger partial charge in [-0.05, 0) is 56.8 Å². The molecule has 1 aromatic rings. The van der Waals surface area contributed by atoms with Gasteiger partial charge in [0.2, 0.25) is 0 Å². The van der Waals surface area contributed by atoms with Crippen LogP contribution >= 0.6 is 11.6 Å². The van der Waals surface area contributed by atoms with E-state index in [1.807, 2.05) is 6.07 Å². The van der Waals surface area contributed by atoms with Gasteiger partial charge in [0.25, 0.3) is 0 Å². The molecule has 18 heavy (non-hydrogen) atoms. The van der Waals surface area contributed by atoms with Gasteiger partial charge in [0.1, 0.15) is 0 Å². The summed E-state index contributed by atoms with van der Waals surface area (Å²) in [7, 11) is 0. The number of anilines is 1. The van der Waals surface area contributed by atoms with Crippen LogP contribution in [0.2, 0.25) is 5.02 Å². The molecule has 2 fully saturated rings. The van der Waals surface area contributed by atoms with Crippen LogP contribution in [0.1, 0.15) is 31.2 Å². The van der Waals surface area contributed by atoms with Crippen molar-refractivity contribution in [2.24, 2.45) is 0 Å². The fraction of sp³-hybridized carbons (Fsp3) is 0.600. The van der Waals surface area contributed by atoms with E-state index >= 15 is 0 Å². The van der Waals surface area contributed by atoms with E-state index in [0.717, 1.165) is 11.1 Å². The Bertz CT molecular complexity index is 433. The van der Waals surface area contributed by atoms with Crippen LogP contribution in [0.4, 0.5) is 5.69 Å². The van der Waals surface area contributed by atoms with E-state index < -0.39 is 0 Å². The van der Waals surface area contributed by atoms with Crippen molar-refractivity contribution in [3.05, 3.63) is 28.8 Å². The highest BCUT2D eigenvalue weighted by Crippen LogP contribution is 2.29. The van der Waals surface area contributed by atoms with E-state index in [1.54, 1.807) is 0 Å². The van der Waals surface area contributed by atoms with Crippen LogP contribution in [0, 0.1) is 6.92 Å². The maximum Gasteiger partial charge on any atom is 0.0426 e. The molecule has 2 atom stereocenters. The molecule has 2 unspecified atom stereocenters. The number of halogens is 1. The highest BCUT2D eigenvalue weighted by atomic mass is 35.5. The Morgan fingerprint density at radius 1 is 1.28 bits per heavy atom. The van der Waals surface area contributed by atoms with Gasteiger partial charge in [-0.25, -0.2) is 0 Å². The van der Waals surface area contributed by atoms with Crippen LogP contribution in [0.5, 0.6) is 0 Å². The number of hydrogen-bond acceptors (Lipinski definition) is 2. The fourth-order valence-electron chi connectivity index (χ4n) is 3.33. The minimum Gasteiger partial charge on any atom is -0.382 e. The van der Waals surface area contributed by atoms with E-state index in [-0.39, 0.29) is 0 Å². The highest BCUT2D eigenvalue weighted by molar-refractivity contribution is 6.30. The normalized spacial score (nSPS) is 28.1. The Hall–Kier alpha value is -0.730. The van der Waals surface area contributed by atoms with E-state index in [0.29, 0.717) is 6.04 Å². The average molecular weight is 265 g/mol. The van der Waals surface area contributed by atoms with Crippen molar-refractivity contribution in [3.63, 3.8) is 0 Å². The lowest BCUT2D eigenvalue weighted by molar-refractivity contribution is 0.188. The summed E-state index contributed by atoms with van der Waals surface area (Å²) in [6, 6.07) is 7.53. The Labute approximate surface area is 114 Å². The largest absolute Gasteiger partial charge is 0.382 e. The minimum atomic E-state index is 0.613. The first kappa shape index (κ1) is 12.3. The van der Waals surface area contributed by atoms with E-state index in [2.05, 4.69) is 29.3 Å². The molecule has 2 aliphatic rings. The highest BCUT2D eigenvalue weighted by Gasteiger charge is 2.31. The summed E-state index contributed by atoms with van der Waals surface area (Å²) in [4.78, 5) is 2.66. The van der Waals surface area contributed by atoms with E-state index in [1.165, 1.54) is 50.0 Å². The van der Waals surface area contributed by atoms with E-state index in [9.17, 15) is 0 Å². The predicted octanol–water partition coefficient (Wildman–Crippen LogP) is 3.69. The van der Waals surface area contributed by atoms with Crippen LogP contribution in [-0.4, -0.2) is 30.1 Å². The van der Waals surface area contributed by atoms with Gasteiger partial charge in [0, 0.05) is 29.3 Å². The fourth-order valence-corrected chi connectivity index (χ4v) is 3.50. The minimum absolute atomic E-state index is 0.613. The van der Waals surface area contributed by atoms with Crippen LogP contribution in [0.3, 0.4) is 0 Å². The Morgan fingerprint density at radius 2 is 2.17 bits per heavy atom. The molecule has 0 amide bonds. The number of aryl methyl sites for hydroxylation is 1. The van der Waals surface area contributed by atoms with Gasteiger partial charge in [-0.1, -0.05) is 17.7 Å². The number of benzene rings is 1. The predicted molar refractivity (Wildman–Crippen MR) is 77.4 cm³/mol. The van der Waals surface area contributed by atoms with Crippen molar-refractivity contribution >= 4 is 17.3 Å². The standard InChI is InChI=1S/C15H21ClN2/c1-11-4-5-12(16)9-15(11)17-13-6-8-18-7-2-3-14(18)10-13/h4-5,9,13-14,17H,2-3,6-8,10H2,1H3. The Balaban J connectivity index is 1.67. The summed E-state index contributed by atoms with van der Waals surface area (Å²) < 4.78 is 0. The van der Waals surface area contributed by atoms with Gasteiger partial charge >= 0.3 is 0 Å². The molecule has 1 aromatic carbocycles. The Morgan fingerprint density at radius 3 is 3.06 bits per heavy atom. The zero-order valence-electron chi connectivity index (χ0n) is 11.0. The molecule has 2 aliphatic heterocycles. The molecule has 1 N–H and O–H groups in total. The number of fused-ring (bicyclic) bond motifs is 1. The summed E-state index contributed by atoms with van der Waals surface area (Å²) in [5.74, 6) is 0. The average Bonchev–Trinajstić information content (AvgIpc) is 2.81. The molecule has 98 valence electrons. The van der Waals surface area contributed by atoms with Crippen molar-refractivity contribution in [2.75, 3.05) is 18.4 Å². The maximum absolute atomic E-state index is 6.08. The molecule has 0 radical (unpaired) electrons. The smallest absolute Gasteiger partial charge is 0.0426 e. The van der Waals surface area contributed by atoms with Crippen LogP contribution < -0.4 is 5.32 Å². The number of nitrogens with zero attached hydrogens (tertiary/aromatic N) is 1. The topological polar surface area (TPSA) is 15.3 Å². The lowest BCUT2D eigenvalue weighted by Crippen LogP contribution is -2.42. The summed E-state index contributed by atoms with van der Waals surface area (Å²) >= 11 is 6.08. The molecule has 0 saturated carbocycles. The van der Waals surface area contributed by atoms with Crippen molar-refractivity contribution in [1.82, 2.24) is 4.90 Å². The second kappa shape index (κ2) is 5.10. The Kier molecular flexibility index (Phi) is 3.49. The first-order valence-electron chi connectivity index (χ1n) is 6.99. The zero-order chi connectivity index (χ0) is 12.5. The molecule has 2 heterocycles. The molecule has 0 spiro atoms. The molecular formula is C15H21ClN2. The quantitative estimate of drug-likeness (QED) is 0.877. The van der Waals surface area contributed by atoms with Crippen molar-refractivity contribution in [2.45, 2.75) is 44.7 Å². The van der Waals surface area contributed by atoms with Crippen molar-refractivity contribution < 1.29 is 0 Å². The van der Waals surface area contributed by atoms with Crippen molar-refractivity contribution in [1.29, 1.82) is 0 Å². The van der Waals surface area contributed by atoms with Gasteiger partial charge in [0.15, 0.2) is 0 Å². The van der Waals surface area contributed by atoms with Gasteiger partial charge < -0.3 is 10.2 Å². The monoisotopic (exact) mass is 264 g/mol. The lowest BCUT2D eigenvalue weighted by Gasteiger charge is -2.35. The molecule has 3 heteroatoms. The molecule has 2 saturated heterocycles. The summed E-state index contributed by atoms with van der Waals surface area (Å²) in [5, 5.41) is 4.51. The molecule has 0 bridgehead atoms. The number of rotatable bonds is 2. The SMILES string of the molecule is Cc1ccc(Cl)cc1NC1CCN2CCCC2C1. The second-order valence-electron chi connectivity index (χ2n) is 5.66. The van der Waals surface area contributed by atoms with E-state index in [4.69, 9.17) is 11.6 Å². The van der Waals surface area contributed by atoms with Gasteiger partial charge in [-0.2, -0.15) is 0 Å². The van der Waals surface area contributed by atoms with Crippen LogP contribution in [0.25, 0.3) is 0 Å². The zero-order valence-corrected chi connectivity index (χ0v) is 11.7. The summed E-state index contributed by atoms with van der Waals surface area (Å²) in [6.45, 7) is 4.71. The van der Waals surface area contributed by atoms with Crippen LogP contribution in [0.15, 0.2) is 18.2 Å². The van der Waals surface area contributed by atoms with Crippen LogP contribution in [-0.2, 0) is 0 Å². The molecular weight excluding hydrogens is 244 g/mol. The third-order valence-corrected chi connectivity index (χ3v) is 4.61. The van der Waals surface area contributed by atoms with Gasteiger partial charge in [-0.3, -0.25) is 0 Å². The third kappa shape index (κ3) is 2.50. The van der Waals surface area contributed by atoms with Gasteiger partial charge in [0.05, 0.1) is 0 Å². The summed E-state index contributed by atoms with van der Waals surface area (Å²) in [5.41, 5.74) is 2.49. The molecule has 0 aromatic heterocycles. The molecule has 0 aliphatic carbocycles. The second-order valence-corrected chi connectivity index (χ2v) is 6.09. The first-order valence-corrected chi connectivity index (χ1v) is 7.37. The maximum atomic E-state index is 6.08. The van der Waals surface area contributed by atoms with Gasteiger partial charge in [-0.15, -0.1) is 0 Å².